The van der Waals surface area contributed by atoms with E-state index < -0.39 is 5.72 Å². The van der Waals surface area contributed by atoms with Gasteiger partial charge in [-0.05, 0) is 30.5 Å². The maximum Gasteiger partial charge on any atom is 0.184 e. The summed E-state index contributed by atoms with van der Waals surface area (Å²) in [6, 6.07) is 15.7. The summed E-state index contributed by atoms with van der Waals surface area (Å²) in [5, 5.41) is 16.8. The van der Waals surface area contributed by atoms with Gasteiger partial charge in [-0.2, -0.15) is 0 Å². The molecule has 0 radical (unpaired) electrons. The number of fused-ring (bicyclic) bond motifs is 2. The van der Waals surface area contributed by atoms with Crippen molar-refractivity contribution in [2.24, 2.45) is 0 Å². The minimum Gasteiger partial charge on any atom is -0.366 e. The number of halogens is 1. The Bertz CT molecular complexity index is 688. The Balaban J connectivity index is 1.91. The van der Waals surface area contributed by atoms with Crippen LogP contribution >= 0.6 is 11.6 Å². The van der Waals surface area contributed by atoms with Crippen LogP contribution in [0.5, 0.6) is 0 Å². The molecular weight excluding hydrogens is 296 g/mol. The number of hydrogen-bond acceptors (Lipinski definition) is 3. The number of nitrogens with zero attached hydrogens (tertiary/aromatic N) is 2. The molecule has 0 unspecified atom stereocenters. The van der Waals surface area contributed by atoms with Crippen molar-refractivity contribution >= 4 is 11.6 Å². The zero-order chi connectivity index (χ0) is 15.2. The van der Waals surface area contributed by atoms with Gasteiger partial charge in [0.2, 0.25) is 0 Å². The summed E-state index contributed by atoms with van der Waals surface area (Å²) in [5.74, 6) is 0. The van der Waals surface area contributed by atoms with Crippen LogP contribution in [0.15, 0.2) is 48.5 Å². The molecule has 0 saturated carbocycles. The fourth-order valence-corrected chi connectivity index (χ4v) is 3.80. The number of hydrogen-bond donors (Lipinski definition) is 1. The van der Waals surface area contributed by atoms with E-state index in [4.69, 9.17) is 11.6 Å². The average molecular weight is 315 g/mol. The van der Waals surface area contributed by atoms with Crippen LogP contribution in [0.3, 0.4) is 0 Å². The summed E-state index contributed by atoms with van der Waals surface area (Å²) in [5.41, 5.74) is 1.93. The zero-order valence-electron chi connectivity index (χ0n) is 12.4. The Hall–Kier alpha value is -1.39. The van der Waals surface area contributed by atoms with Crippen molar-refractivity contribution < 1.29 is 5.11 Å². The molecule has 4 heteroatoms. The maximum absolute atomic E-state index is 11.7. The van der Waals surface area contributed by atoms with Crippen LogP contribution in [0, 0.1) is 0 Å². The number of rotatable bonds is 1. The third-order valence-corrected chi connectivity index (χ3v) is 5.00. The van der Waals surface area contributed by atoms with Crippen LogP contribution in [0.2, 0.25) is 5.02 Å². The molecule has 1 saturated heterocycles. The molecule has 2 aliphatic rings. The Morgan fingerprint density at radius 3 is 2.50 bits per heavy atom. The van der Waals surface area contributed by atoms with E-state index >= 15 is 0 Å². The summed E-state index contributed by atoms with van der Waals surface area (Å²) < 4.78 is 0. The fourth-order valence-electron chi connectivity index (χ4n) is 3.67. The van der Waals surface area contributed by atoms with Gasteiger partial charge in [-0.25, -0.2) is 10.0 Å². The first-order chi connectivity index (χ1) is 10.7. The third kappa shape index (κ3) is 2.09. The minimum atomic E-state index is -1.11. The van der Waals surface area contributed by atoms with Crippen molar-refractivity contribution in [1.29, 1.82) is 0 Å². The van der Waals surface area contributed by atoms with Gasteiger partial charge in [0.05, 0.1) is 0 Å². The van der Waals surface area contributed by atoms with Gasteiger partial charge >= 0.3 is 0 Å². The number of aliphatic hydroxyl groups is 1. The Labute approximate surface area is 135 Å². The van der Waals surface area contributed by atoms with E-state index in [0.29, 0.717) is 5.02 Å². The largest absolute Gasteiger partial charge is 0.366 e. The molecule has 1 fully saturated rings. The van der Waals surface area contributed by atoms with E-state index in [0.717, 1.165) is 37.2 Å². The van der Waals surface area contributed by atoms with E-state index in [2.05, 4.69) is 16.1 Å². The van der Waals surface area contributed by atoms with E-state index in [1.807, 2.05) is 42.5 Å². The minimum absolute atomic E-state index is 0.687. The number of benzene rings is 2. The predicted molar refractivity (Wildman–Crippen MR) is 87.2 cm³/mol. The topological polar surface area (TPSA) is 26.7 Å². The molecule has 22 heavy (non-hydrogen) atoms. The van der Waals surface area contributed by atoms with Crippen molar-refractivity contribution in [1.82, 2.24) is 10.0 Å². The second kappa shape index (κ2) is 5.36. The highest BCUT2D eigenvalue weighted by molar-refractivity contribution is 6.30. The van der Waals surface area contributed by atoms with Gasteiger partial charge in [0.1, 0.15) is 0 Å². The van der Waals surface area contributed by atoms with Crippen molar-refractivity contribution in [3.8, 4) is 0 Å². The molecule has 3 nitrogen and oxygen atoms in total. The van der Waals surface area contributed by atoms with E-state index in [1.165, 1.54) is 12.0 Å². The molecule has 0 aromatic heterocycles. The highest BCUT2D eigenvalue weighted by atomic mass is 35.5. The summed E-state index contributed by atoms with van der Waals surface area (Å²) in [6.45, 7) is 2.73. The van der Waals surface area contributed by atoms with E-state index in [-0.39, 0.29) is 0 Å². The highest BCUT2D eigenvalue weighted by Gasteiger charge is 2.46. The van der Waals surface area contributed by atoms with Crippen molar-refractivity contribution in [2.45, 2.75) is 25.1 Å². The summed E-state index contributed by atoms with van der Waals surface area (Å²) in [6.07, 6.45) is 2.28. The SMILES string of the molecule is O[C@@]1(c2ccc(Cl)cc2)c2ccccc2CN2CCCCN21. The lowest BCUT2D eigenvalue weighted by molar-refractivity contribution is -0.224. The van der Waals surface area contributed by atoms with Crippen LogP contribution in [-0.4, -0.2) is 28.2 Å². The van der Waals surface area contributed by atoms with Crippen LogP contribution in [0.4, 0.5) is 0 Å². The molecule has 0 spiro atoms. The lowest BCUT2D eigenvalue weighted by Crippen LogP contribution is -2.61. The molecule has 2 heterocycles. The molecule has 0 amide bonds. The van der Waals surface area contributed by atoms with Gasteiger partial charge in [-0.15, -0.1) is 0 Å². The van der Waals surface area contributed by atoms with Gasteiger partial charge in [-0.3, -0.25) is 0 Å². The molecule has 1 atom stereocenters. The molecule has 4 rings (SSSR count). The third-order valence-electron chi connectivity index (χ3n) is 4.74. The van der Waals surface area contributed by atoms with Crippen molar-refractivity contribution in [3.63, 3.8) is 0 Å². The molecular formula is C18H19ClN2O. The smallest absolute Gasteiger partial charge is 0.184 e. The van der Waals surface area contributed by atoms with E-state index in [9.17, 15) is 5.11 Å². The fraction of sp³-hybridized carbons (Fsp3) is 0.333. The molecule has 2 aromatic rings. The molecule has 1 N–H and O–H groups in total. The first kappa shape index (κ1) is 14.2. The first-order valence-electron chi connectivity index (χ1n) is 7.79. The molecule has 0 aliphatic carbocycles. The Kier molecular flexibility index (Phi) is 3.46. The van der Waals surface area contributed by atoms with Crippen molar-refractivity contribution in [2.75, 3.05) is 13.1 Å². The Morgan fingerprint density at radius 2 is 1.68 bits per heavy atom. The van der Waals surface area contributed by atoms with Gasteiger partial charge in [0.15, 0.2) is 5.72 Å². The van der Waals surface area contributed by atoms with Crippen molar-refractivity contribution in [3.05, 3.63) is 70.2 Å². The predicted octanol–water partition coefficient (Wildman–Crippen LogP) is 3.36. The average Bonchev–Trinajstić information content (AvgIpc) is 2.56. The number of hydrazine groups is 1. The normalized spacial score (nSPS) is 25.5. The monoisotopic (exact) mass is 314 g/mol. The quantitative estimate of drug-likeness (QED) is 0.874. The van der Waals surface area contributed by atoms with Crippen LogP contribution in [0.25, 0.3) is 0 Å². The molecule has 114 valence electrons. The molecule has 0 bridgehead atoms. The van der Waals surface area contributed by atoms with Gasteiger partial charge in [0, 0.05) is 35.8 Å². The highest BCUT2D eigenvalue weighted by Crippen LogP contribution is 2.42. The van der Waals surface area contributed by atoms with Crippen LogP contribution in [-0.2, 0) is 12.3 Å². The van der Waals surface area contributed by atoms with Crippen LogP contribution < -0.4 is 0 Å². The molecule has 2 aliphatic heterocycles. The Morgan fingerprint density at radius 1 is 0.955 bits per heavy atom. The standard InChI is InChI=1S/C18H19ClN2O/c19-16-9-7-15(8-10-16)18(22)17-6-2-1-5-14(17)13-20-11-3-4-12-21(18)20/h1-2,5-10,22H,3-4,11-13H2/t18-/m0/s1. The molecule has 2 aromatic carbocycles. The van der Waals surface area contributed by atoms with Gasteiger partial charge in [0.25, 0.3) is 0 Å². The zero-order valence-corrected chi connectivity index (χ0v) is 13.1. The van der Waals surface area contributed by atoms with Gasteiger partial charge in [-0.1, -0.05) is 48.0 Å². The first-order valence-corrected chi connectivity index (χ1v) is 8.17. The summed E-state index contributed by atoms with van der Waals surface area (Å²) >= 11 is 6.03. The van der Waals surface area contributed by atoms with E-state index in [1.54, 1.807) is 0 Å². The van der Waals surface area contributed by atoms with Crippen LogP contribution in [0.1, 0.15) is 29.5 Å². The lowest BCUT2D eigenvalue weighted by atomic mass is 9.87. The lowest BCUT2D eigenvalue weighted by Gasteiger charge is -2.52. The maximum atomic E-state index is 11.7. The second-order valence-corrected chi connectivity index (χ2v) is 6.49. The summed E-state index contributed by atoms with van der Waals surface area (Å²) in [7, 11) is 0. The summed E-state index contributed by atoms with van der Waals surface area (Å²) in [4.78, 5) is 0. The second-order valence-electron chi connectivity index (χ2n) is 6.05. The van der Waals surface area contributed by atoms with Gasteiger partial charge < -0.3 is 5.11 Å².